The van der Waals surface area contributed by atoms with E-state index in [4.69, 9.17) is 0 Å². The molecule has 0 amide bonds. The fourth-order valence-electron chi connectivity index (χ4n) is 3.46. The lowest BCUT2D eigenvalue weighted by atomic mass is 9.97. The predicted molar refractivity (Wildman–Crippen MR) is 99.5 cm³/mol. The van der Waals surface area contributed by atoms with Crippen LogP contribution >= 0.6 is 0 Å². The van der Waals surface area contributed by atoms with Crippen molar-refractivity contribution in [3.63, 3.8) is 0 Å². The monoisotopic (exact) mass is 356 g/mol. The number of nitrogens with one attached hydrogen (secondary N) is 2. The maximum Gasteiger partial charge on any atom is 0.212 e. The van der Waals surface area contributed by atoms with E-state index in [1.165, 1.54) is 16.7 Å². The minimum Gasteiger partial charge on any atom is -0.306 e. The molecule has 5 heteroatoms. The quantitative estimate of drug-likeness (QED) is 0.802. The molecule has 2 aromatic rings. The van der Waals surface area contributed by atoms with Crippen LogP contribution in [0, 0.1) is 5.92 Å². The van der Waals surface area contributed by atoms with Crippen molar-refractivity contribution in [1.82, 2.24) is 10.0 Å². The van der Waals surface area contributed by atoms with Gasteiger partial charge >= 0.3 is 0 Å². The van der Waals surface area contributed by atoms with Gasteiger partial charge in [-0.25, -0.2) is 13.1 Å². The van der Waals surface area contributed by atoms with Crippen LogP contribution in [0.4, 0.5) is 0 Å². The largest absolute Gasteiger partial charge is 0.306 e. The lowest BCUT2D eigenvalue weighted by Crippen LogP contribution is -2.26. The Bertz CT molecular complexity index is 845. The average molecular weight is 356 g/mol. The van der Waals surface area contributed by atoms with E-state index in [9.17, 15) is 8.42 Å². The van der Waals surface area contributed by atoms with Crippen molar-refractivity contribution in [3.05, 3.63) is 70.8 Å². The molecule has 4 nitrogen and oxygen atoms in total. The number of hydrogen-bond donors (Lipinski definition) is 2. The van der Waals surface area contributed by atoms with Gasteiger partial charge < -0.3 is 5.32 Å². The van der Waals surface area contributed by atoms with Gasteiger partial charge in [-0.2, -0.15) is 0 Å². The summed E-state index contributed by atoms with van der Waals surface area (Å²) >= 11 is 0. The van der Waals surface area contributed by atoms with Crippen LogP contribution in [0.15, 0.2) is 48.5 Å². The molecular formula is C20H24N2O2S. The minimum atomic E-state index is -3.16. The third kappa shape index (κ3) is 4.29. The highest BCUT2D eigenvalue weighted by atomic mass is 32.2. The molecule has 1 aliphatic heterocycles. The van der Waals surface area contributed by atoms with Crippen molar-refractivity contribution in [2.24, 2.45) is 5.92 Å². The lowest BCUT2D eigenvalue weighted by molar-refractivity contribution is 0.576. The second-order valence-corrected chi connectivity index (χ2v) is 9.05. The molecule has 1 atom stereocenters. The highest BCUT2D eigenvalue weighted by molar-refractivity contribution is 7.89. The van der Waals surface area contributed by atoms with E-state index < -0.39 is 10.0 Å². The maximum atomic E-state index is 12.1. The molecule has 0 radical (unpaired) electrons. The summed E-state index contributed by atoms with van der Waals surface area (Å²) in [5.74, 6) is 0.646. The number of fused-ring (bicyclic) bond motifs is 1. The third-order valence-electron chi connectivity index (χ3n) is 5.06. The predicted octanol–water partition coefficient (Wildman–Crippen LogP) is 2.90. The van der Waals surface area contributed by atoms with Crippen molar-refractivity contribution < 1.29 is 8.42 Å². The second kappa shape index (κ2) is 6.90. The third-order valence-corrected chi connectivity index (χ3v) is 6.55. The van der Waals surface area contributed by atoms with Gasteiger partial charge in [0.1, 0.15) is 0 Å². The van der Waals surface area contributed by atoms with Gasteiger partial charge in [0.15, 0.2) is 0 Å². The van der Waals surface area contributed by atoms with Gasteiger partial charge in [0.25, 0.3) is 0 Å². The van der Waals surface area contributed by atoms with E-state index in [-0.39, 0.29) is 5.75 Å². The molecule has 0 bridgehead atoms. The first-order valence-corrected chi connectivity index (χ1v) is 10.6. The number of sulfonamides is 1. The highest BCUT2D eigenvalue weighted by Gasteiger charge is 2.28. The zero-order valence-corrected chi connectivity index (χ0v) is 15.1. The van der Waals surface area contributed by atoms with E-state index in [1.54, 1.807) is 0 Å². The van der Waals surface area contributed by atoms with Crippen LogP contribution in [0.5, 0.6) is 0 Å². The summed E-state index contributed by atoms with van der Waals surface area (Å²) in [6.45, 7) is 1.25. The van der Waals surface area contributed by atoms with Gasteiger partial charge in [-0.1, -0.05) is 48.5 Å². The van der Waals surface area contributed by atoms with E-state index in [2.05, 4.69) is 46.4 Å². The van der Waals surface area contributed by atoms with E-state index in [0.717, 1.165) is 31.4 Å². The van der Waals surface area contributed by atoms with Gasteiger partial charge in [0.2, 0.25) is 10.0 Å². The molecule has 0 aromatic heterocycles. The molecule has 2 aliphatic rings. The van der Waals surface area contributed by atoms with Crippen LogP contribution in [0.1, 0.15) is 41.1 Å². The molecule has 1 heterocycles. The number of benzene rings is 2. The smallest absolute Gasteiger partial charge is 0.212 e. The van der Waals surface area contributed by atoms with Gasteiger partial charge in [-0.05, 0) is 47.4 Å². The molecule has 0 spiro atoms. The summed E-state index contributed by atoms with van der Waals surface area (Å²) < 4.78 is 26.9. The first-order valence-electron chi connectivity index (χ1n) is 8.95. The first kappa shape index (κ1) is 16.8. The first-order chi connectivity index (χ1) is 12.1. The van der Waals surface area contributed by atoms with Crippen molar-refractivity contribution in [3.8, 4) is 0 Å². The summed E-state index contributed by atoms with van der Waals surface area (Å²) in [5, 5.41) is 3.57. The fourth-order valence-corrected chi connectivity index (χ4v) is 4.92. The van der Waals surface area contributed by atoms with Gasteiger partial charge in [-0.15, -0.1) is 0 Å². The number of rotatable bonds is 7. The summed E-state index contributed by atoms with van der Waals surface area (Å²) in [6.07, 6.45) is 3.05. The molecule has 1 unspecified atom stereocenters. The Morgan fingerprint density at radius 3 is 2.60 bits per heavy atom. The molecule has 0 saturated heterocycles. The zero-order valence-electron chi connectivity index (χ0n) is 14.2. The van der Waals surface area contributed by atoms with Crippen LogP contribution in [0.25, 0.3) is 0 Å². The summed E-state index contributed by atoms with van der Waals surface area (Å²) in [5.41, 5.74) is 4.94. The molecule has 2 N–H and O–H groups in total. The molecule has 2 aromatic carbocycles. The van der Waals surface area contributed by atoms with Gasteiger partial charge in [0.05, 0.1) is 5.75 Å². The Labute approximate surface area is 149 Å². The average Bonchev–Trinajstić information content (AvgIpc) is 3.33. The normalized spacial score (nSPS) is 19.8. The van der Waals surface area contributed by atoms with E-state index >= 15 is 0 Å². The SMILES string of the molecule is O=S(=O)(CC1CC1)NCc1ccc2c(c1)C(Cc1ccccc1)NC2. The Balaban J connectivity index is 1.44. The van der Waals surface area contributed by atoms with E-state index in [0.29, 0.717) is 18.5 Å². The molecular weight excluding hydrogens is 332 g/mol. The van der Waals surface area contributed by atoms with Crippen molar-refractivity contribution in [2.75, 3.05) is 5.75 Å². The Kier molecular flexibility index (Phi) is 4.63. The Hall–Kier alpha value is -1.69. The molecule has 1 aliphatic carbocycles. The summed E-state index contributed by atoms with van der Waals surface area (Å²) in [4.78, 5) is 0. The van der Waals surface area contributed by atoms with Gasteiger partial charge in [0, 0.05) is 19.1 Å². The Morgan fingerprint density at radius 2 is 1.84 bits per heavy atom. The second-order valence-electron chi connectivity index (χ2n) is 7.20. The van der Waals surface area contributed by atoms with Crippen molar-refractivity contribution in [1.29, 1.82) is 0 Å². The van der Waals surface area contributed by atoms with Crippen LogP contribution in [0.3, 0.4) is 0 Å². The van der Waals surface area contributed by atoms with Crippen LogP contribution in [-0.2, 0) is 29.5 Å². The van der Waals surface area contributed by atoms with Gasteiger partial charge in [-0.3, -0.25) is 0 Å². The Morgan fingerprint density at radius 1 is 1.04 bits per heavy atom. The maximum absolute atomic E-state index is 12.1. The zero-order chi connectivity index (χ0) is 17.3. The molecule has 4 rings (SSSR count). The minimum absolute atomic E-state index is 0.274. The highest BCUT2D eigenvalue weighted by Crippen LogP contribution is 2.31. The van der Waals surface area contributed by atoms with Crippen LogP contribution in [0.2, 0.25) is 0 Å². The number of hydrogen-bond acceptors (Lipinski definition) is 3. The van der Waals surface area contributed by atoms with E-state index in [1.807, 2.05) is 12.1 Å². The van der Waals surface area contributed by atoms with Crippen molar-refractivity contribution in [2.45, 2.75) is 38.4 Å². The summed E-state index contributed by atoms with van der Waals surface area (Å²) in [6, 6.07) is 17.1. The fraction of sp³-hybridized carbons (Fsp3) is 0.400. The summed E-state index contributed by atoms with van der Waals surface area (Å²) in [7, 11) is -3.16. The standard InChI is InChI=1S/C20H24N2O2S/c23-25(24,14-16-6-7-16)22-12-17-8-9-18-13-21-20(19(18)10-17)11-15-4-2-1-3-5-15/h1-5,8-10,16,20-22H,6-7,11-14H2. The molecule has 1 saturated carbocycles. The van der Waals surface area contributed by atoms with Crippen molar-refractivity contribution >= 4 is 10.0 Å². The van der Waals surface area contributed by atoms with Crippen LogP contribution < -0.4 is 10.0 Å². The molecule has 132 valence electrons. The molecule has 1 fully saturated rings. The topological polar surface area (TPSA) is 58.2 Å². The molecule has 25 heavy (non-hydrogen) atoms. The van der Waals surface area contributed by atoms with Crippen LogP contribution in [-0.4, -0.2) is 14.2 Å². The lowest BCUT2D eigenvalue weighted by Gasteiger charge is -2.14.